The summed E-state index contributed by atoms with van der Waals surface area (Å²) in [6.07, 6.45) is 2.10. The largest absolute Gasteiger partial charge is 0.372 e. The van der Waals surface area contributed by atoms with Gasteiger partial charge >= 0.3 is 7.60 Å². The average Bonchev–Trinajstić information content (AvgIpc) is 3.09. The van der Waals surface area contributed by atoms with Gasteiger partial charge in [-0.3, -0.25) is 9.46 Å². The van der Waals surface area contributed by atoms with Gasteiger partial charge in [0, 0.05) is 26.2 Å². The molecule has 32 heavy (non-hydrogen) atoms. The molecule has 182 valence electrons. The number of ether oxygens (including phenoxy) is 1. The molecule has 14 heteroatoms. The fraction of sp³-hybridized carbons (Fsp3) is 0.722. The van der Waals surface area contributed by atoms with E-state index in [1.807, 2.05) is 4.57 Å². The number of nitrogens with zero attached hydrogens (tertiary/aromatic N) is 5. The summed E-state index contributed by atoms with van der Waals surface area (Å²) in [6, 6.07) is 0. The highest BCUT2D eigenvalue weighted by Gasteiger charge is 2.24. The van der Waals surface area contributed by atoms with Gasteiger partial charge in [0.05, 0.1) is 38.7 Å². The summed E-state index contributed by atoms with van der Waals surface area (Å²) in [5.41, 5.74) is 6.75. The lowest BCUT2D eigenvalue weighted by Gasteiger charge is -2.25. The second-order valence-corrected chi connectivity index (χ2v) is 13.6. The minimum absolute atomic E-state index is 0.0763. The second-order valence-electron chi connectivity index (χ2n) is 7.61. The van der Waals surface area contributed by atoms with Gasteiger partial charge in [-0.25, -0.2) is 4.98 Å². The molecule has 0 aromatic carbocycles. The van der Waals surface area contributed by atoms with E-state index in [2.05, 4.69) is 19.9 Å². The molecule has 2 aromatic rings. The van der Waals surface area contributed by atoms with Gasteiger partial charge in [0.1, 0.15) is 12.7 Å². The van der Waals surface area contributed by atoms with Crippen LogP contribution in [0, 0.1) is 0 Å². The first kappa shape index (κ1) is 27.2. The van der Waals surface area contributed by atoms with E-state index < -0.39 is 14.7 Å². The van der Waals surface area contributed by atoms with Crippen LogP contribution in [0.2, 0.25) is 5.15 Å². The van der Waals surface area contributed by atoms with Crippen molar-refractivity contribution in [1.82, 2.24) is 24.4 Å². The van der Waals surface area contributed by atoms with E-state index in [9.17, 15) is 9.13 Å². The molecule has 2 aromatic heterocycles. The van der Waals surface area contributed by atoms with E-state index in [1.54, 1.807) is 33.5 Å². The lowest BCUT2D eigenvalue weighted by atomic mass is 10.4. The highest BCUT2D eigenvalue weighted by Crippen LogP contribution is 2.47. The van der Waals surface area contributed by atoms with Crippen molar-refractivity contribution in [3.63, 3.8) is 0 Å². The van der Waals surface area contributed by atoms with Crippen molar-refractivity contribution in [2.24, 2.45) is 0 Å². The highest BCUT2D eigenvalue weighted by molar-refractivity contribution is 7.62. The molecule has 0 aliphatic rings. The molecule has 0 aliphatic carbocycles. The number of hydrogen-bond donors (Lipinski definition) is 1. The zero-order valence-electron chi connectivity index (χ0n) is 19.1. The molecule has 0 saturated heterocycles. The third kappa shape index (κ3) is 8.71. The lowest BCUT2D eigenvalue weighted by Crippen LogP contribution is -2.33. The van der Waals surface area contributed by atoms with Gasteiger partial charge in [-0.05, 0) is 27.2 Å². The maximum Gasteiger partial charge on any atom is 0.331 e. The Hall–Kier alpha value is -1.06. The number of anilines is 1. The summed E-state index contributed by atoms with van der Waals surface area (Å²) in [6.45, 7) is 10.1. The average molecular weight is 511 g/mol. The fourth-order valence-electron chi connectivity index (χ4n) is 2.98. The maximum atomic E-state index is 12.9. The number of fused-ring (bicyclic) bond motifs is 1. The Morgan fingerprint density at radius 2 is 1.81 bits per heavy atom. The van der Waals surface area contributed by atoms with Crippen LogP contribution in [0.4, 0.5) is 5.95 Å². The number of imidazole rings is 1. The molecule has 0 spiro atoms. The summed E-state index contributed by atoms with van der Waals surface area (Å²) in [5.74, 6) is 0.0763. The standard InChI is InChI=1S/C18H33ClN6O5P2/c1-5-29-32(27,30-6-2)12-10-24(9-11-28-14-31(3,4)26)7-8-25-13-21-15-16(19)22-18(20)23-17(15)25/h13H,5-12,14H2,1-4H3,(H2,20,22,23). The summed E-state index contributed by atoms with van der Waals surface area (Å²) in [7, 11) is -5.43. The van der Waals surface area contributed by atoms with Crippen molar-refractivity contribution >= 4 is 43.5 Å². The van der Waals surface area contributed by atoms with E-state index >= 15 is 0 Å². The molecule has 0 radical (unpaired) electrons. The number of aromatic nitrogens is 4. The molecule has 0 unspecified atom stereocenters. The third-order valence-corrected chi connectivity index (χ3v) is 7.51. The second kappa shape index (κ2) is 12.4. The summed E-state index contributed by atoms with van der Waals surface area (Å²) in [4.78, 5) is 14.5. The molecule has 2 rings (SSSR count). The predicted octanol–water partition coefficient (Wildman–Crippen LogP) is 3.23. The third-order valence-electron chi connectivity index (χ3n) is 4.39. The summed E-state index contributed by atoms with van der Waals surface area (Å²) in [5, 5.41) is 0.203. The van der Waals surface area contributed by atoms with Crippen LogP contribution in [0.3, 0.4) is 0 Å². The van der Waals surface area contributed by atoms with Crippen LogP contribution in [-0.4, -0.2) is 89.7 Å². The Balaban J connectivity index is 2.06. The van der Waals surface area contributed by atoms with Gasteiger partial charge in [0.2, 0.25) is 5.95 Å². The maximum absolute atomic E-state index is 12.9. The first-order chi connectivity index (χ1) is 15.1. The Morgan fingerprint density at radius 1 is 1.12 bits per heavy atom. The van der Waals surface area contributed by atoms with Crippen molar-refractivity contribution in [3.05, 3.63) is 11.5 Å². The molecule has 0 amide bonds. The smallest absolute Gasteiger partial charge is 0.331 e. The van der Waals surface area contributed by atoms with E-state index in [0.717, 1.165) is 0 Å². The van der Waals surface area contributed by atoms with Crippen molar-refractivity contribution in [1.29, 1.82) is 0 Å². The van der Waals surface area contributed by atoms with Crippen LogP contribution in [0.15, 0.2) is 6.33 Å². The van der Waals surface area contributed by atoms with Crippen LogP contribution >= 0.6 is 26.3 Å². The molecule has 0 saturated carbocycles. The minimum atomic E-state index is -3.18. The Kier molecular flexibility index (Phi) is 10.5. The van der Waals surface area contributed by atoms with Gasteiger partial charge < -0.3 is 28.7 Å². The Labute approximate surface area is 193 Å². The number of nitrogen functional groups attached to an aromatic ring is 1. The number of nitrogens with two attached hydrogens (primary N) is 1. The van der Waals surface area contributed by atoms with Crippen molar-refractivity contribution < 1.29 is 22.9 Å². The number of hydrogen-bond acceptors (Lipinski definition) is 10. The van der Waals surface area contributed by atoms with Gasteiger partial charge in [0.15, 0.2) is 10.8 Å². The van der Waals surface area contributed by atoms with Crippen molar-refractivity contribution in [2.75, 3.05) is 71.0 Å². The van der Waals surface area contributed by atoms with E-state index in [-0.39, 0.29) is 23.6 Å². The Morgan fingerprint density at radius 3 is 2.44 bits per heavy atom. The van der Waals surface area contributed by atoms with Gasteiger partial charge in [0.25, 0.3) is 0 Å². The number of rotatable bonds is 15. The highest BCUT2D eigenvalue weighted by atomic mass is 35.5. The monoisotopic (exact) mass is 510 g/mol. The minimum Gasteiger partial charge on any atom is -0.372 e. The Bertz CT molecular complexity index is 959. The normalized spacial score (nSPS) is 12.8. The molecule has 0 bridgehead atoms. The number of halogens is 1. The molecular formula is C18H33ClN6O5P2. The van der Waals surface area contributed by atoms with Crippen molar-refractivity contribution in [2.45, 2.75) is 20.4 Å². The molecule has 2 heterocycles. The molecule has 11 nitrogen and oxygen atoms in total. The van der Waals surface area contributed by atoms with Crippen LogP contribution in [-0.2, 0) is 29.5 Å². The van der Waals surface area contributed by atoms with Crippen LogP contribution < -0.4 is 5.73 Å². The topological polar surface area (TPSA) is 135 Å². The first-order valence-electron chi connectivity index (χ1n) is 10.4. The molecule has 0 aliphatic heterocycles. The lowest BCUT2D eigenvalue weighted by molar-refractivity contribution is 0.132. The SMILES string of the molecule is CCOP(=O)(CCN(CCOCP(C)(C)=O)CCn1cnc2c(Cl)nc(N)nc21)OCC. The summed E-state index contributed by atoms with van der Waals surface area (Å²) >= 11 is 6.10. The molecule has 2 N–H and O–H groups in total. The van der Waals surface area contributed by atoms with E-state index in [1.165, 1.54) is 0 Å². The summed E-state index contributed by atoms with van der Waals surface area (Å²) < 4.78 is 43.0. The fourth-order valence-corrected chi connectivity index (χ4v) is 5.41. The van der Waals surface area contributed by atoms with Crippen LogP contribution in [0.1, 0.15) is 13.8 Å². The predicted molar refractivity (Wildman–Crippen MR) is 127 cm³/mol. The molecule has 0 fully saturated rings. The molecule has 0 atom stereocenters. The van der Waals surface area contributed by atoms with Gasteiger partial charge in [-0.2, -0.15) is 9.97 Å². The zero-order valence-corrected chi connectivity index (χ0v) is 21.6. The van der Waals surface area contributed by atoms with Gasteiger partial charge in [-0.1, -0.05) is 11.6 Å². The first-order valence-corrected chi connectivity index (χ1v) is 15.3. The quantitative estimate of drug-likeness (QED) is 0.216. The van der Waals surface area contributed by atoms with E-state index in [0.29, 0.717) is 57.2 Å². The zero-order chi connectivity index (χ0) is 23.8. The van der Waals surface area contributed by atoms with Gasteiger partial charge in [-0.15, -0.1) is 0 Å². The van der Waals surface area contributed by atoms with E-state index in [4.69, 9.17) is 31.1 Å². The molecular weight excluding hydrogens is 478 g/mol. The van der Waals surface area contributed by atoms with Crippen LogP contribution in [0.25, 0.3) is 11.2 Å². The van der Waals surface area contributed by atoms with Crippen molar-refractivity contribution in [3.8, 4) is 0 Å². The van der Waals surface area contributed by atoms with Crippen LogP contribution in [0.5, 0.6) is 0 Å².